The van der Waals surface area contributed by atoms with Crippen molar-refractivity contribution in [1.82, 2.24) is 15.0 Å². The van der Waals surface area contributed by atoms with Crippen molar-refractivity contribution in [2.75, 3.05) is 0 Å². The molecule has 0 aliphatic rings. The van der Waals surface area contributed by atoms with Crippen LogP contribution < -0.4 is 0 Å². The Bertz CT molecular complexity index is 2550. The molecule has 220 valence electrons. The third-order valence-corrected chi connectivity index (χ3v) is 8.75. The van der Waals surface area contributed by atoms with E-state index in [2.05, 4.69) is 115 Å². The second kappa shape index (κ2) is 11.2. The molecular weight excluding hydrogens is 574 g/mol. The second-order valence-electron chi connectivity index (χ2n) is 11.7. The van der Waals surface area contributed by atoms with E-state index < -0.39 is 0 Å². The third-order valence-electron chi connectivity index (χ3n) is 8.75. The predicted octanol–water partition coefficient (Wildman–Crippen LogP) is 11.3. The summed E-state index contributed by atoms with van der Waals surface area (Å²) in [5.74, 6) is 1.90. The summed E-state index contributed by atoms with van der Waals surface area (Å²) in [5, 5.41) is 4.32. The van der Waals surface area contributed by atoms with Gasteiger partial charge in [0.25, 0.3) is 0 Å². The van der Waals surface area contributed by atoms with Gasteiger partial charge in [0, 0.05) is 27.5 Å². The quantitative estimate of drug-likeness (QED) is 0.197. The molecule has 0 saturated heterocycles. The van der Waals surface area contributed by atoms with Gasteiger partial charge in [-0.15, -0.1) is 0 Å². The van der Waals surface area contributed by atoms with Gasteiger partial charge in [0.1, 0.15) is 11.2 Å². The van der Waals surface area contributed by atoms with E-state index in [0.717, 1.165) is 60.5 Å². The SMILES string of the molecule is c1ccc(-c2ccc(-c3ccc4oc5ccc(-c6nc(-c7ccccc7)nc(-c7cccc8ccccc78)n6)cc5c4c3)cc2)cc1. The average molecular weight is 602 g/mol. The molecule has 0 saturated carbocycles. The summed E-state index contributed by atoms with van der Waals surface area (Å²) >= 11 is 0. The van der Waals surface area contributed by atoms with Crippen molar-refractivity contribution in [3.05, 3.63) is 164 Å². The van der Waals surface area contributed by atoms with E-state index in [1.54, 1.807) is 0 Å². The molecule has 4 heteroatoms. The Labute approximate surface area is 271 Å². The van der Waals surface area contributed by atoms with Gasteiger partial charge in [-0.25, -0.2) is 15.0 Å². The fourth-order valence-corrected chi connectivity index (χ4v) is 6.34. The molecule has 4 nitrogen and oxygen atoms in total. The maximum atomic E-state index is 6.29. The van der Waals surface area contributed by atoms with Gasteiger partial charge >= 0.3 is 0 Å². The monoisotopic (exact) mass is 601 g/mol. The summed E-state index contributed by atoms with van der Waals surface area (Å²) in [6, 6.07) is 56.4. The van der Waals surface area contributed by atoms with Crippen molar-refractivity contribution >= 4 is 32.7 Å². The second-order valence-corrected chi connectivity index (χ2v) is 11.7. The molecule has 7 aromatic carbocycles. The summed E-state index contributed by atoms with van der Waals surface area (Å²) in [6.45, 7) is 0. The highest BCUT2D eigenvalue weighted by Crippen LogP contribution is 2.36. The van der Waals surface area contributed by atoms with Crippen LogP contribution in [0.5, 0.6) is 0 Å². The van der Waals surface area contributed by atoms with Gasteiger partial charge in [-0.3, -0.25) is 0 Å². The van der Waals surface area contributed by atoms with Gasteiger partial charge in [0.05, 0.1) is 0 Å². The molecule has 0 radical (unpaired) electrons. The highest BCUT2D eigenvalue weighted by atomic mass is 16.3. The van der Waals surface area contributed by atoms with E-state index in [1.807, 2.05) is 48.5 Å². The van der Waals surface area contributed by atoms with Crippen molar-refractivity contribution < 1.29 is 4.42 Å². The minimum Gasteiger partial charge on any atom is -0.456 e. The molecule has 0 aliphatic carbocycles. The maximum absolute atomic E-state index is 6.29. The number of hydrogen-bond donors (Lipinski definition) is 0. The fraction of sp³-hybridized carbons (Fsp3) is 0. The predicted molar refractivity (Wildman–Crippen MR) is 192 cm³/mol. The van der Waals surface area contributed by atoms with Crippen LogP contribution in [0.15, 0.2) is 168 Å². The summed E-state index contributed by atoms with van der Waals surface area (Å²) in [6.07, 6.45) is 0. The average Bonchev–Trinajstić information content (AvgIpc) is 3.52. The highest BCUT2D eigenvalue weighted by Gasteiger charge is 2.16. The maximum Gasteiger partial charge on any atom is 0.164 e. The Morgan fingerprint density at radius 3 is 1.53 bits per heavy atom. The zero-order valence-corrected chi connectivity index (χ0v) is 25.3. The summed E-state index contributed by atoms with van der Waals surface area (Å²) in [5.41, 5.74) is 9.18. The van der Waals surface area contributed by atoms with E-state index in [0.29, 0.717) is 17.5 Å². The molecule has 9 aromatic rings. The third kappa shape index (κ3) is 4.93. The molecule has 0 bridgehead atoms. The first-order chi connectivity index (χ1) is 23.3. The van der Waals surface area contributed by atoms with Crippen LogP contribution in [0, 0.1) is 0 Å². The standard InChI is InChI=1S/C43H27N3O/c1-3-10-28(11-4-1)29-18-20-30(21-19-29)33-22-24-39-37(26-33)38-27-34(23-25-40(38)47-39)42-44-41(32-13-5-2-6-14-32)45-43(46-42)36-17-9-15-31-12-7-8-16-35(31)36/h1-27H. The number of nitrogens with zero attached hydrogens (tertiary/aromatic N) is 3. The minimum atomic E-state index is 0.616. The number of benzene rings is 7. The lowest BCUT2D eigenvalue weighted by molar-refractivity contribution is 0.669. The molecule has 2 aromatic heterocycles. The van der Waals surface area contributed by atoms with E-state index in [4.69, 9.17) is 19.4 Å². The van der Waals surface area contributed by atoms with Crippen LogP contribution in [0.4, 0.5) is 0 Å². The Kier molecular flexibility index (Phi) is 6.43. The van der Waals surface area contributed by atoms with Crippen LogP contribution in [0.2, 0.25) is 0 Å². The van der Waals surface area contributed by atoms with E-state index in [1.165, 1.54) is 11.1 Å². The van der Waals surface area contributed by atoms with Crippen molar-refractivity contribution in [2.24, 2.45) is 0 Å². The van der Waals surface area contributed by atoms with Gasteiger partial charge in [-0.1, -0.05) is 133 Å². The molecule has 0 atom stereocenters. The molecule has 0 amide bonds. The molecule has 47 heavy (non-hydrogen) atoms. The number of fused-ring (bicyclic) bond motifs is 4. The van der Waals surface area contributed by atoms with Gasteiger partial charge in [-0.05, 0) is 63.4 Å². The largest absolute Gasteiger partial charge is 0.456 e. The van der Waals surface area contributed by atoms with Crippen LogP contribution in [-0.4, -0.2) is 15.0 Å². The Hall–Kier alpha value is -6.39. The summed E-state index contributed by atoms with van der Waals surface area (Å²) in [7, 11) is 0. The lowest BCUT2D eigenvalue weighted by Gasteiger charge is -2.10. The van der Waals surface area contributed by atoms with Gasteiger partial charge in [0.2, 0.25) is 0 Å². The van der Waals surface area contributed by atoms with Crippen LogP contribution in [0.1, 0.15) is 0 Å². The van der Waals surface area contributed by atoms with Crippen LogP contribution in [0.25, 0.3) is 89.1 Å². The zero-order valence-electron chi connectivity index (χ0n) is 25.3. The molecule has 9 rings (SSSR count). The Morgan fingerprint density at radius 1 is 0.319 bits per heavy atom. The molecule has 0 unspecified atom stereocenters. The van der Waals surface area contributed by atoms with Crippen molar-refractivity contribution in [2.45, 2.75) is 0 Å². The number of aromatic nitrogens is 3. The molecule has 2 heterocycles. The summed E-state index contributed by atoms with van der Waals surface area (Å²) in [4.78, 5) is 15.0. The first-order valence-corrected chi connectivity index (χ1v) is 15.7. The smallest absolute Gasteiger partial charge is 0.164 e. The first-order valence-electron chi connectivity index (χ1n) is 15.7. The Balaban J connectivity index is 1.17. The summed E-state index contributed by atoms with van der Waals surface area (Å²) < 4.78 is 6.29. The normalized spacial score (nSPS) is 11.4. The van der Waals surface area contributed by atoms with Crippen molar-refractivity contribution in [1.29, 1.82) is 0 Å². The highest BCUT2D eigenvalue weighted by molar-refractivity contribution is 6.07. The van der Waals surface area contributed by atoms with Crippen molar-refractivity contribution in [3.8, 4) is 56.4 Å². The van der Waals surface area contributed by atoms with E-state index >= 15 is 0 Å². The molecule has 0 N–H and O–H groups in total. The lowest BCUT2D eigenvalue weighted by atomic mass is 9.99. The van der Waals surface area contributed by atoms with Crippen molar-refractivity contribution in [3.63, 3.8) is 0 Å². The zero-order chi connectivity index (χ0) is 31.2. The molecular formula is C43H27N3O. The fourth-order valence-electron chi connectivity index (χ4n) is 6.34. The molecule has 0 fully saturated rings. The van der Waals surface area contributed by atoms with Gasteiger partial charge in [-0.2, -0.15) is 0 Å². The lowest BCUT2D eigenvalue weighted by Crippen LogP contribution is -2.00. The number of hydrogen-bond acceptors (Lipinski definition) is 4. The molecule has 0 aliphatic heterocycles. The molecule has 0 spiro atoms. The van der Waals surface area contributed by atoms with Crippen LogP contribution in [-0.2, 0) is 0 Å². The first kappa shape index (κ1) is 27.0. The van der Waals surface area contributed by atoms with Gasteiger partial charge < -0.3 is 4.42 Å². The van der Waals surface area contributed by atoms with Crippen LogP contribution >= 0.6 is 0 Å². The van der Waals surface area contributed by atoms with Crippen LogP contribution in [0.3, 0.4) is 0 Å². The van der Waals surface area contributed by atoms with E-state index in [-0.39, 0.29) is 0 Å². The number of rotatable bonds is 5. The van der Waals surface area contributed by atoms with E-state index in [9.17, 15) is 0 Å². The minimum absolute atomic E-state index is 0.616. The Morgan fingerprint density at radius 2 is 0.809 bits per heavy atom. The van der Waals surface area contributed by atoms with Gasteiger partial charge in [0.15, 0.2) is 17.5 Å². The topological polar surface area (TPSA) is 51.8 Å². The number of furan rings is 1.